The summed E-state index contributed by atoms with van der Waals surface area (Å²) < 4.78 is 1.20. The Kier molecular flexibility index (Phi) is 3.00. The summed E-state index contributed by atoms with van der Waals surface area (Å²) in [6.45, 7) is 4.53. The van der Waals surface area contributed by atoms with E-state index in [1.807, 2.05) is 0 Å². The van der Waals surface area contributed by atoms with Gasteiger partial charge in [-0.05, 0) is 71.9 Å². The predicted molar refractivity (Wildman–Crippen MR) is 90.8 cm³/mol. The number of halogens is 1. The van der Waals surface area contributed by atoms with Gasteiger partial charge >= 0.3 is 0 Å². The summed E-state index contributed by atoms with van der Waals surface area (Å²) in [7, 11) is 0. The molecule has 0 amide bonds. The van der Waals surface area contributed by atoms with Gasteiger partial charge in [0.25, 0.3) is 0 Å². The molecule has 0 aliphatic heterocycles. The van der Waals surface area contributed by atoms with Crippen molar-refractivity contribution in [1.29, 1.82) is 0 Å². The third kappa shape index (κ3) is 1.99. The van der Waals surface area contributed by atoms with Crippen molar-refractivity contribution >= 4 is 26.7 Å². The second kappa shape index (κ2) is 4.57. The molecule has 0 saturated heterocycles. The van der Waals surface area contributed by atoms with Gasteiger partial charge in [-0.3, -0.25) is 0 Å². The fourth-order valence-corrected chi connectivity index (χ4v) is 5.26. The topological polar surface area (TPSA) is 20.2 Å². The van der Waals surface area contributed by atoms with Crippen LogP contribution in [0.2, 0.25) is 0 Å². The largest absolute Gasteiger partial charge is 0.393 e. The number of aliphatic hydroxyl groups is 1. The Hall–Kier alpha value is -0.860. The average Bonchev–Trinajstić information content (AvgIpc) is 2.73. The van der Waals surface area contributed by atoms with Crippen LogP contribution in [0.3, 0.4) is 0 Å². The summed E-state index contributed by atoms with van der Waals surface area (Å²) in [5, 5.41) is 12.9. The molecular weight excluding hydrogens is 324 g/mol. The van der Waals surface area contributed by atoms with Crippen molar-refractivity contribution < 1.29 is 5.11 Å². The van der Waals surface area contributed by atoms with Crippen LogP contribution in [0, 0.1) is 12.3 Å². The molecule has 0 aromatic heterocycles. The van der Waals surface area contributed by atoms with E-state index < -0.39 is 0 Å². The van der Waals surface area contributed by atoms with Crippen molar-refractivity contribution in [2.45, 2.75) is 51.6 Å². The number of fused-ring (bicyclic) bond motifs is 5. The molecule has 1 N–H and O–H groups in total. The first kappa shape index (κ1) is 13.8. The van der Waals surface area contributed by atoms with E-state index in [2.05, 4.69) is 54.0 Å². The fourth-order valence-electron chi connectivity index (χ4n) is 4.67. The first-order valence-electron chi connectivity index (χ1n) is 7.88. The highest BCUT2D eigenvalue weighted by molar-refractivity contribution is 9.10. The normalized spacial score (nSPS) is 31.2. The summed E-state index contributed by atoms with van der Waals surface area (Å²) in [5.41, 5.74) is 4.60. The number of rotatable bonds is 0. The minimum Gasteiger partial charge on any atom is -0.393 e. The average molecular weight is 345 g/mol. The van der Waals surface area contributed by atoms with Gasteiger partial charge in [-0.15, -0.1) is 0 Å². The molecule has 2 heteroatoms. The van der Waals surface area contributed by atoms with Crippen LogP contribution in [-0.4, -0.2) is 11.2 Å². The van der Waals surface area contributed by atoms with Gasteiger partial charge in [-0.2, -0.15) is 0 Å². The Morgan fingerprint density at radius 1 is 1.24 bits per heavy atom. The number of aryl methyl sites for hydroxylation is 2. The van der Waals surface area contributed by atoms with E-state index in [1.165, 1.54) is 38.4 Å². The third-order valence-electron chi connectivity index (χ3n) is 5.76. The Balaban J connectivity index is 1.99. The lowest BCUT2D eigenvalue weighted by Gasteiger charge is -2.38. The van der Waals surface area contributed by atoms with Crippen molar-refractivity contribution in [3.63, 3.8) is 0 Å². The zero-order valence-electron chi connectivity index (χ0n) is 12.6. The van der Waals surface area contributed by atoms with Gasteiger partial charge in [-0.1, -0.05) is 46.6 Å². The molecule has 21 heavy (non-hydrogen) atoms. The lowest BCUT2D eigenvalue weighted by molar-refractivity contribution is 0.159. The molecule has 0 unspecified atom stereocenters. The van der Waals surface area contributed by atoms with E-state index in [1.54, 1.807) is 0 Å². The van der Waals surface area contributed by atoms with Gasteiger partial charge in [0.1, 0.15) is 0 Å². The maximum Gasteiger partial charge on any atom is 0.0551 e. The second-order valence-electron chi connectivity index (χ2n) is 7.28. The van der Waals surface area contributed by atoms with Crippen LogP contribution in [0.15, 0.2) is 28.7 Å². The lowest BCUT2D eigenvalue weighted by atomic mass is 9.66. The monoisotopic (exact) mass is 344 g/mol. The van der Waals surface area contributed by atoms with Crippen molar-refractivity contribution in [1.82, 2.24) is 0 Å². The van der Waals surface area contributed by atoms with E-state index in [0.717, 1.165) is 19.3 Å². The molecule has 0 spiro atoms. The first-order chi connectivity index (χ1) is 9.98. The first-order valence-corrected chi connectivity index (χ1v) is 8.67. The Labute approximate surface area is 134 Å². The van der Waals surface area contributed by atoms with Crippen LogP contribution in [0.5, 0.6) is 0 Å². The van der Waals surface area contributed by atoms with Crippen LogP contribution in [-0.2, 0) is 6.42 Å². The van der Waals surface area contributed by atoms with E-state index >= 15 is 0 Å². The molecule has 1 nitrogen and oxygen atoms in total. The van der Waals surface area contributed by atoms with Crippen LogP contribution >= 0.6 is 15.9 Å². The molecule has 1 saturated carbocycles. The van der Waals surface area contributed by atoms with Crippen LogP contribution in [0.1, 0.15) is 48.8 Å². The van der Waals surface area contributed by atoms with Gasteiger partial charge in [0.2, 0.25) is 0 Å². The fraction of sp³-hybridized carbons (Fsp3) is 0.474. The number of benzene rings is 2. The van der Waals surface area contributed by atoms with Crippen molar-refractivity contribution in [3.05, 3.63) is 45.4 Å². The number of hydrogen-bond acceptors (Lipinski definition) is 1. The second-order valence-corrected chi connectivity index (χ2v) is 8.13. The van der Waals surface area contributed by atoms with Gasteiger partial charge in [-0.25, -0.2) is 0 Å². The summed E-state index contributed by atoms with van der Waals surface area (Å²) in [6.07, 6.45) is 4.10. The molecule has 0 heterocycles. The highest BCUT2D eigenvalue weighted by atomic mass is 79.9. The summed E-state index contributed by atoms with van der Waals surface area (Å²) >= 11 is 3.77. The van der Waals surface area contributed by atoms with Gasteiger partial charge < -0.3 is 5.11 Å². The molecule has 2 aromatic carbocycles. The number of hydrogen-bond donors (Lipinski definition) is 1. The molecule has 0 bridgehead atoms. The van der Waals surface area contributed by atoms with E-state index in [0.29, 0.717) is 5.92 Å². The van der Waals surface area contributed by atoms with Crippen molar-refractivity contribution in [3.8, 4) is 0 Å². The van der Waals surface area contributed by atoms with Gasteiger partial charge in [0.15, 0.2) is 0 Å². The lowest BCUT2D eigenvalue weighted by Crippen LogP contribution is -2.26. The smallest absolute Gasteiger partial charge is 0.0551 e. The molecule has 0 radical (unpaired) electrons. The standard InChI is InChI=1S/C19H21BrO/c1-11-3-4-14-15(7-11)13-5-6-19(2)10-12(21)8-17(19)16(13)9-18(14)20/h3-4,7,9,12,17,21H,5-6,8,10H2,1-2H3/t12-,17+,19-/m0/s1. The predicted octanol–water partition coefficient (Wildman–Crippen LogP) is 5.10. The van der Waals surface area contributed by atoms with Gasteiger partial charge in [0, 0.05) is 4.47 Å². The molecule has 3 atom stereocenters. The van der Waals surface area contributed by atoms with Crippen molar-refractivity contribution in [2.75, 3.05) is 0 Å². The van der Waals surface area contributed by atoms with Crippen LogP contribution in [0.25, 0.3) is 10.8 Å². The van der Waals surface area contributed by atoms with Crippen LogP contribution in [0.4, 0.5) is 0 Å². The molecule has 2 aromatic rings. The van der Waals surface area contributed by atoms with E-state index in [4.69, 9.17) is 0 Å². The van der Waals surface area contributed by atoms with E-state index in [9.17, 15) is 5.11 Å². The van der Waals surface area contributed by atoms with Crippen molar-refractivity contribution in [2.24, 2.45) is 5.41 Å². The Morgan fingerprint density at radius 2 is 2.05 bits per heavy atom. The minimum atomic E-state index is -0.127. The summed E-state index contributed by atoms with van der Waals surface area (Å²) in [4.78, 5) is 0. The quantitative estimate of drug-likeness (QED) is 0.704. The SMILES string of the molecule is Cc1ccc2c(Br)cc3c(c2c1)CC[C@@]1(C)C[C@@H](O)C[C@H]31. The maximum absolute atomic E-state index is 10.2. The summed E-state index contributed by atoms with van der Waals surface area (Å²) in [5.74, 6) is 0.512. The molecule has 4 rings (SSSR count). The highest BCUT2D eigenvalue weighted by Crippen LogP contribution is 2.56. The minimum absolute atomic E-state index is 0.127. The molecular formula is C19H21BrO. The molecule has 1 fully saturated rings. The summed E-state index contributed by atoms with van der Waals surface area (Å²) in [6, 6.07) is 9.07. The zero-order valence-corrected chi connectivity index (χ0v) is 14.2. The number of aliphatic hydroxyl groups excluding tert-OH is 1. The van der Waals surface area contributed by atoms with E-state index in [-0.39, 0.29) is 11.5 Å². The third-order valence-corrected chi connectivity index (χ3v) is 6.42. The Bertz CT molecular complexity index is 736. The molecule has 110 valence electrons. The Morgan fingerprint density at radius 3 is 2.86 bits per heavy atom. The van der Waals surface area contributed by atoms with Gasteiger partial charge in [0.05, 0.1) is 6.10 Å². The highest BCUT2D eigenvalue weighted by Gasteiger charge is 2.47. The maximum atomic E-state index is 10.2. The zero-order chi connectivity index (χ0) is 14.8. The van der Waals surface area contributed by atoms with Crippen LogP contribution < -0.4 is 0 Å². The molecule has 2 aliphatic carbocycles. The molecule has 2 aliphatic rings.